The first-order valence-corrected chi connectivity index (χ1v) is 9.12. The second kappa shape index (κ2) is 6.59. The minimum absolute atomic E-state index is 0.0647. The lowest BCUT2D eigenvalue weighted by atomic mass is 10.1. The number of aromatic carboxylic acids is 1. The number of fused-ring (bicyclic) bond motifs is 2. The highest BCUT2D eigenvalue weighted by atomic mass is 19.1. The topological polar surface area (TPSA) is 111 Å². The van der Waals surface area contributed by atoms with Gasteiger partial charge in [-0.15, -0.1) is 0 Å². The number of rotatable bonds is 3. The lowest BCUT2D eigenvalue weighted by Crippen LogP contribution is -2.00. The molecule has 3 N–H and O–H groups in total. The van der Waals surface area contributed by atoms with Gasteiger partial charge in [0.1, 0.15) is 17.8 Å². The van der Waals surface area contributed by atoms with Crippen LogP contribution in [0.25, 0.3) is 39.3 Å². The molecule has 8 nitrogen and oxygen atoms in total. The van der Waals surface area contributed by atoms with E-state index in [2.05, 4.69) is 15.0 Å². The number of hydrogen-bond acceptors (Lipinski definition) is 5. The largest absolute Gasteiger partial charge is 0.478 e. The zero-order chi connectivity index (χ0) is 21.9. The van der Waals surface area contributed by atoms with Gasteiger partial charge in [-0.2, -0.15) is 0 Å². The summed E-state index contributed by atoms with van der Waals surface area (Å²) in [6.07, 6.45) is 4.39. The number of benzene rings is 2. The molecule has 0 spiro atoms. The SMILES string of the molecule is Cn1c(-c2ncn3cc(-c4c(F)ccc(N)c4F)ncc23)nc2ccc(C(=O)O)cc21. The average Bonchev–Trinajstić information content (AvgIpc) is 3.31. The molecule has 10 heteroatoms. The summed E-state index contributed by atoms with van der Waals surface area (Å²) < 4.78 is 31.9. The number of carbonyl (C=O) groups is 1. The van der Waals surface area contributed by atoms with Crippen molar-refractivity contribution in [1.29, 1.82) is 0 Å². The Bertz CT molecular complexity index is 1520. The minimum Gasteiger partial charge on any atom is -0.478 e. The maximum absolute atomic E-state index is 14.4. The number of aryl methyl sites for hydroxylation is 1. The maximum atomic E-state index is 14.4. The molecule has 0 fully saturated rings. The lowest BCUT2D eigenvalue weighted by molar-refractivity contribution is 0.0697. The monoisotopic (exact) mass is 420 g/mol. The summed E-state index contributed by atoms with van der Waals surface area (Å²) in [4.78, 5) is 24.4. The van der Waals surface area contributed by atoms with Gasteiger partial charge >= 0.3 is 5.97 Å². The van der Waals surface area contributed by atoms with Crippen molar-refractivity contribution >= 4 is 28.2 Å². The summed E-state index contributed by atoms with van der Waals surface area (Å²) in [7, 11) is 1.75. The molecule has 5 rings (SSSR count). The van der Waals surface area contributed by atoms with E-state index in [-0.39, 0.29) is 22.5 Å². The van der Waals surface area contributed by atoms with Crippen LogP contribution in [-0.2, 0) is 7.05 Å². The molecule has 0 saturated heterocycles. The Labute approximate surface area is 173 Å². The second-order valence-electron chi connectivity index (χ2n) is 6.99. The van der Waals surface area contributed by atoms with Crippen molar-refractivity contribution < 1.29 is 18.7 Å². The number of anilines is 1. The predicted octanol–water partition coefficient (Wildman–Crippen LogP) is 3.51. The third kappa shape index (κ3) is 2.80. The van der Waals surface area contributed by atoms with Crippen LogP contribution in [0.3, 0.4) is 0 Å². The highest BCUT2D eigenvalue weighted by molar-refractivity contribution is 5.93. The van der Waals surface area contributed by atoms with Crippen molar-refractivity contribution in [3.63, 3.8) is 0 Å². The molecule has 0 unspecified atom stereocenters. The average molecular weight is 420 g/mol. The molecule has 0 radical (unpaired) electrons. The maximum Gasteiger partial charge on any atom is 0.335 e. The Morgan fingerprint density at radius 2 is 1.94 bits per heavy atom. The van der Waals surface area contributed by atoms with Crippen LogP contribution in [0, 0.1) is 11.6 Å². The van der Waals surface area contributed by atoms with E-state index in [4.69, 9.17) is 5.73 Å². The smallest absolute Gasteiger partial charge is 0.335 e. The van der Waals surface area contributed by atoms with Gasteiger partial charge in [-0.05, 0) is 30.3 Å². The predicted molar refractivity (Wildman–Crippen MR) is 109 cm³/mol. The summed E-state index contributed by atoms with van der Waals surface area (Å²) in [5, 5.41) is 9.23. The van der Waals surface area contributed by atoms with Crippen LogP contribution >= 0.6 is 0 Å². The highest BCUT2D eigenvalue weighted by Crippen LogP contribution is 2.30. The van der Waals surface area contributed by atoms with Gasteiger partial charge in [0.25, 0.3) is 0 Å². The number of imidazole rings is 2. The van der Waals surface area contributed by atoms with Crippen molar-refractivity contribution in [2.75, 3.05) is 5.73 Å². The Morgan fingerprint density at radius 1 is 1.13 bits per heavy atom. The zero-order valence-corrected chi connectivity index (χ0v) is 16.0. The summed E-state index contributed by atoms with van der Waals surface area (Å²) in [6.45, 7) is 0. The first-order valence-electron chi connectivity index (χ1n) is 9.12. The Balaban J connectivity index is 1.66. The summed E-state index contributed by atoms with van der Waals surface area (Å²) in [6, 6.07) is 6.89. The summed E-state index contributed by atoms with van der Waals surface area (Å²) in [5.41, 5.74) is 7.57. The molecule has 3 aromatic heterocycles. The third-order valence-corrected chi connectivity index (χ3v) is 5.14. The molecule has 3 heterocycles. The Kier molecular flexibility index (Phi) is 3.97. The summed E-state index contributed by atoms with van der Waals surface area (Å²) in [5.74, 6) is -2.19. The fourth-order valence-electron chi connectivity index (χ4n) is 3.54. The Morgan fingerprint density at radius 3 is 2.71 bits per heavy atom. The summed E-state index contributed by atoms with van der Waals surface area (Å²) >= 11 is 0. The van der Waals surface area contributed by atoms with Crippen molar-refractivity contribution in [3.05, 3.63) is 66.3 Å². The molecule has 0 atom stereocenters. The van der Waals surface area contributed by atoms with Crippen molar-refractivity contribution in [1.82, 2.24) is 23.9 Å². The highest BCUT2D eigenvalue weighted by Gasteiger charge is 2.19. The molecule has 5 aromatic rings. The molecular weight excluding hydrogens is 406 g/mol. The normalized spacial score (nSPS) is 11.5. The van der Waals surface area contributed by atoms with E-state index in [1.54, 1.807) is 22.1 Å². The molecule has 0 amide bonds. The number of halogens is 2. The molecule has 0 aliphatic carbocycles. The van der Waals surface area contributed by atoms with Crippen LogP contribution in [0.4, 0.5) is 14.5 Å². The van der Waals surface area contributed by atoms with Crippen LogP contribution < -0.4 is 5.73 Å². The Hall–Kier alpha value is -4.34. The molecule has 154 valence electrons. The van der Waals surface area contributed by atoms with E-state index in [0.29, 0.717) is 28.1 Å². The number of carboxylic acid groups (broad SMARTS) is 1. The van der Waals surface area contributed by atoms with Gasteiger partial charge in [0.05, 0.1) is 45.3 Å². The van der Waals surface area contributed by atoms with Gasteiger partial charge in [0, 0.05) is 13.2 Å². The zero-order valence-electron chi connectivity index (χ0n) is 16.0. The van der Waals surface area contributed by atoms with Gasteiger partial charge in [0.15, 0.2) is 11.6 Å². The third-order valence-electron chi connectivity index (χ3n) is 5.14. The number of aromatic nitrogens is 5. The lowest BCUT2D eigenvalue weighted by Gasteiger charge is -2.07. The van der Waals surface area contributed by atoms with Crippen LogP contribution in [0.2, 0.25) is 0 Å². The van der Waals surface area contributed by atoms with E-state index >= 15 is 0 Å². The first-order chi connectivity index (χ1) is 14.8. The molecule has 2 aromatic carbocycles. The number of nitrogen functional groups attached to an aromatic ring is 1. The van der Waals surface area contributed by atoms with Crippen molar-refractivity contribution in [2.45, 2.75) is 0 Å². The van der Waals surface area contributed by atoms with Gasteiger partial charge in [-0.1, -0.05) is 0 Å². The molecule has 0 aliphatic rings. The van der Waals surface area contributed by atoms with Gasteiger partial charge in [-0.3, -0.25) is 4.98 Å². The number of nitrogens with zero attached hydrogens (tertiary/aromatic N) is 5. The fourth-order valence-corrected chi connectivity index (χ4v) is 3.54. The van der Waals surface area contributed by atoms with Gasteiger partial charge < -0.3 is 19.8 Å². The van der Waals surface area contributed by atoms with Crippen LogP contribution in [0.1, 0.15) is 10.4 Å². The fraction of sp³-hybridized carbons (Fsp3) is 0.0476. The molecule has 0 bridgehead atoms. The van der Waals surface area contributed by atoms with E-state index in [9.17, 15) is 18.7 Å². The molecule has 0 aliphatic heterocycles. The van der Waals surface area contributed by atoms with Gasteiger partial charge in [-0.25, -0.2) is 23.5 Å². The number of hydrogen-bond donors (Lipinski definition) is 2. The standard InChI is InChI=1S/C21H14F2N6O2/c1-28-15-6-10(21(30)31)2-5-13(15)27-20(28)19-16-7-25-14(8-29(16)9-26-19)17-11(22)3-4-12(24)18(17)23/h2-9H,24H2,1H3,(H,30,31). The van der Waals surface area contributed by atoms with Crippen LogP contribution in [0.15, 0.2) is 49.1 Å². The van der Waals surface area contributed by atoms with Crippen LogP contribution in [-0.4, -0.2) is 35.0 Å². The molecular formula is C21H14F2N6O2. The van der Waals surface area contributed by atoms with Crippen molar-refractivity contribution in [2.24, 2.45) is 7.05 Å². The second-order valence-corrected chi connectivity index (χ2v) is 6.99. The molecule has 31 heavy (non-hydrogen) atoms. The van der Waals surface area contributed by atoms with E-state index in [1.165, 1.54) is 30.9 Å². The first kappa shape index (κ1) is 18.7. The van der Waals surface area contributed by atoms with E-state index < -0.39 is 17.6 Å². The molecule has 0 saturated carbocycles. The van der Waals surface area contributed by atoms with Crippen molar-refractivity contribution in [3.8, 4) is 22.8 Å². The quantitative estimate of drug-likeness (QED) is 0.432. The number of nitrogens with two attached hydrogens (primary N) is 1. The van der Waals surface area contributed by atoms with Gasteiger partial charge in [0.2, 0.25) is 0 Å². The number of carboxylic acids is 1. The van der Waals surface area contributed by atoms with E-state index in [0.717, 1.165) is 12.1 Å². The van der Waals surface area contributed by atoms with Crippen LogP contribution in [0.5, 0.6) is 0 Å². The van der Waals surface area contributed by atoms with E-state index in [1.807, 2.05) is 0 Å². The minimum atomic E-state index is -1.03.